The van der Waals surface area contributed by atoms with Gasteiger partial charge in [0.25, 0.3) is 11.8 Å². The first-order valence-corrected chi connectivity index (χ1v) is 10.5. The lowest BCUT2D eigenvalue weighted by atomic mass is 9.94. The van der Waals surface area contributed by atoms with Gasteiger partial charge in [-0.3, -0.25) is 14.5 Å². The molecule has 0 bridgehead atoms. The number of carbonyl (C=O) groups excluding carboxylic acids is 2. The van der Waals surface area contributed by atoms with Gasteiger partial charge >= 0.3 is 0 Å². The van der Waals surface area contributed by atoms with Crippen LogP contribution in [0.1, 0.15) is 18.2 Å². The summed E-state index contributed by atoms with van der Waals surface area (Å²) >= 11 is 12.3. The van der Waals surface area contributed by atoms with Crippen molar-refractivity contribution in [1.29, 1.82) is 5.26 Å². The van der Waals surface area contributed by atoms with Crippen LogP contribution in [0.5, 0.6) is 0 Å². The molecule has 33 heavy (non-hydrogen) atoms. The Morgan fingerprint density at radius 3 is 2.48 bits per heavy atom. The van der Waals surface area contributed by atoms with E-state index < -0.39 is 17.6 Å². The van der Waals surface area contributed by atoms with E-state index in [1.54, 1.807) is 30.3 Å². The quantitative estimate of drug-likeness (QED) is 0.329. The fourth-order valence-electron chi connectivity index (χ4n) is 3.45. The summed E-state index contributed by atoms with van der Waals surface area (Å²) in [6.45, 7) is 1.43. The highest BCUT2D eigenvalue weighted by molar-refractivity contribution is 6.35. The van der Waals surface area contributed by atoms with Gasteiger partial charge in [0.1, 0.15) is 29.0 Å². The molecule has 0 spiro atoms. The zero-order chi connectivity index (χ0) is 23.7. The van der Waals surface area contributed by atoms with E-state index in [0.717, 1.165) is 4.90 Å². The zero-order valence-corrected chi connectivity index (χ0v) is 18.7. The molecular weight excluding hydrogens is 466 g/mol. The average molecular weight is 481 g/mol. The lowest BCUT2D eigenvalue weighted by Gasteiger charge is -2.27. The molecule has 1 aliphatic rings. The van der Waals surface area contributed by atoms with Gasteiger partial charge in [0.05, 0.1) is 11.6 Å². The van der Waals surface area contributed by atoms with Crippen molar-refractivity contribution in [3.63, 3.8) is 0 Å². The minimum Gasteiger partial charge on any atom is -0.457 e. The number of imide groups is 1. The van der Waals surface area contributed by atoms with Gasteiger partial charge in [-0.05, 0) is 66.6 Å². The Balaban J connectivity index is 1.72. The predicted molar refractivity (Wildman–Crippen MR) is 122 cm³/mol. The SMILES string of the molecule is CC1=C(C#N)C(=O)N(Cc2ccc(F)cc2)C(=O)/C1=C/c1ccc(-c2cc(Cl)ccc2Cl)o1. The molecule has 3 aromatic rings. The Morgan fingerprint density at radius 2 is 1.79 bits per heavy atom. The van der Waals surface area contributed by atoms with E-state index in [1.807, 2.05) is 6.07 Å². The number of nitriles is 1. The molecule has 0 fully saturated rings. The van der Waals surface area contributed by atoms with Crippen molar-refractivity contribution in [1.82, 2.24) is 4.90 Å². The van der Waals surface area contributed by atoms with Crippen molar-refractivity contribution in [3.05, 3.63) is 98.5 Å². The van der Waals surface area contributed by atoms with Crippen LogP contribution in [0.3, 0.4) is 0 Å². The second-order valence-electron chi connectivity index (χ2n) is 7.32. The molecule has 0 N–H and O–H groups in total. The number of halogens is 3. The number of hydrogen-bond acceptors (Lipinski definition) is 4. The summed E-state index contributed by atoms with van der Waals surface area (Å²) in [5, 5.41) is 10.5. The zero-order valence-electron chi connectivity index (χ0n) is 17.2. The summed E-state index contributed by atoms with van der Waals surface area (Å²) < 4.78 is 19.1. The van der Waals surface area contributed by atoms with Crippen molar-refractivity contribution >= 4 is 41.1 Å². The number of nitrogens with zero attached hydrogens (tertiary/aromatic N) is 2. The van der Waals surface area contributed by atoms with Crippen LogP contribution in [-0.4, -0.2) is 16.7 Å². The lowest BCUT2D eigenvalue weighted by Crippen LogP contribution is -2.42. The Labute approximate surface area is 198 Å². The fourth-order valence-corrected chi connectivity index (χ4v) is 3.83. The number of rotatable bonds is 4. The first-order chi connectivity index (χ1) is 15.8. The molecule has 1 aliphatic heterocycles. The van der Waals surface area contributed by atoms with Crippen LogP contribution < -0.4 is 0 Å². The third-order valence-corrected chi connectivity index (χ3v) is 5.75. The Kier molecular flexibility index (Phi) is 6.19. The highest BCUT2D eigenvalue weighted by Crippen LogP contribution is 2.33. The van der Waals surface area contributed by atoms with Crippen LogP contribution in [0.2, 0.25) is 10.0 Å². The van der Waals surface area contributed by atoms with E-state index in [-0.39, 0.29) is 23.3 Å². The summed E-state index contributed by atoms with van der Waals surface area (Å²) in [5.74, 6) is -0.944. The number of amides is 2. The second-order valence-corrected chi connectivity index (χ2v) is 8.16. The molecular formula is C25H15Cl2FN2O3. The van der Waals surface area contributed by atoms with Crippen molar-refractivity contribution in [2.24, 2.45) is 0 Å². The molecule has 8 heteroatoms. The highest BCUT2D eigenvalue weighted by atomic mass is 35.5. The first-order valence-electron chi connectivity index (χ1n) is 9.77. The Hall–Kier alpha value is -3.66. The van der Waals surface area contributed by atoms with Crippen LogP contribution in [0.4, 0.5) is 4.39 Å². The topological polar surface area (TPSA) is 74.3 Å². The molecule has 0 saturated heterocycles. The number of furan rings is 1. The second kappa shape index (κ2) is 9.07. The fraction of sp³-hybridized carbons (Fsp3) is 0.0800. The van der Waals surface area contributed by atoms with E-state index in [2.05, 4.69) is 0 Å². The van der Waals surface area contributed by atoms with Crippen LogP contribution in [0, 0.1) is 17.1 Å². The molecule has 164 valence electrons. The van der Waals surface area contributed by atoms with Crippen LogP contribution >= 0.6 is 23.2 Å². The molecule has 2 amide bonds. The summed E-state index contributed by atoms with van der Waals surface area (Å²) in [6.07, 6.45) is 1.47. The standard InChI is InChI=1S/C25H15Cl2FN2O3/c1-14-19(11-18-7-9-23(33-18)20-10-16(26)4-8-22(20)27)24(31)30(25(32)21(14)12-29)13-15-2-5-17(28)6-3-15/h2-11H,13H2,1H3/b19-11+. The molecule has 0 atom stereocenters. The molecule has 0 unspecified atom stereocenters. The average Bonchev–Trinajstić information content (AvgIpc) is 3.26. The van der Waals surface area contributed by atoms with Gasteiger partial charge in [0.15, 0.2) is 0 Å². The predicted octanol–water partition coefficient (Wildman–Crippen LogP) is 6.18. The van der Waals surface area contributed by atoms with E-state index in [1.165, 1.54) is 37.3 Å². The van der Waals surface area contributed by atoms with Gasteiger partial charge < -0.3 is 4.42 Å². The minimum absolute atomic E-state index is 0.102. The van der Waals surface area contributed by atoms with Gasteiger partial charge in [0, 0.05) is 16.2 Å². The molecule has 1 aromatic heterocycles. The molecule has 4 rings (SSSR count). The number of carbonyl (C=O) groups is 2. The van der Waals surface area contributed by atoms with Crippen molar-refractivity contribution < 1.29 is 18.4 Å². The Bertz CT molecular complexity index is 1380. The van der Waals surface area contributed by atoms with Crippen molar-refractivity contribution in [2.75, 3.05) is 0 Å². The largest absolute Gasteiger partial charge is 0.457 e. The number of hydrogen-bond donors (Lipinski definition) is 0. The summed E-state index contributed by atoms with van der Waals surface area (Å²) in [6, 6.07) is 15.6. The van der Waals surface area contributed by atoms with Gasteiger partial charge in [0.2, 0.25) is 0 Å². The lowest BCUT2D eigenvalue weighted by molar-refractivity contribution is -0.141. The maximum Gasteiger partial charge on any atom is 0.271 e. The molecule has 0 aliphatic carbocycles. The van der Waals surface area contributed by atoms with E-state index in [9.17, 15) is 19.2 Å². The van der Waals surface area contributed by atoms with E-state index in [0.29, 0.717) is 32.7 Å². The van der Waals surface area contributed by atoms with E-state index in [4.69, 9.17) is 27.6 Å². The first kappa shape index (κ1) is 22.5. The van der Waals surface area contributed by atoms with Gasteiger partial charge in [-0.2, -0.15) is 5.26 Å². The molecule has 0 saturated carbocycles. The molecule has 5 nitrogen and oxygen atoms in total. The maximum atomic E-state index is 13.2. The molecule has 2 aromatic carbocycles. The third kappa shape index (κ3) is 4.47. The maximum absolute atomic E-state index is 13.2. The highest BCUT2D eigenvalue weighted by Gasteiger charge is 2.35. The van der Waals surface area contributed by atoms with Gasteiger partial charge in [-0.25, -0.2) is 4.39 Å². The number of benzene rings is 2. The third-order valence-electron chi connectivity index (χ3n) is 5.19. The molecule has 0 radical (unpaired) electrons. The minimum atomic E-state index is -0.702. The van der Waals surface area contributed by atoms with Crippen LogP contribution in [-0.2, 0) is 16.1 Å². The monoisotopic (exact) mass is 480 g/mol. The normalized spacial score (nSPS) is 15.4. The smallest absolute Gasteiger partial charge is 0.271 e. The van der Waals surface area contributed by atoms with Crippen molar-refractivity contribution in [2.45, 2.75) is 13.5 Å². The van der Waals surface area contributed by atoms with Crippen molar-refractivity contribution in [3.8, 4) is 17.4 Å². The van der Waals surface area contributed by atoms with Crippen LogP contribution in [0.25, 0.3) is 17.4 Å². The van der Waals surface area contributed by atoms with Crippen LogP contribution in [0.15, 0.2) is 75.7 Å². The summed E-state index contributed by atoms with van der Waals surface area (Å²) in [7, 11) is 0. The van der Waals surface area contributed by atoms with Gasteiger partial charge in [-0.1, -0.05) is 35.3 Å². The van der Waals surface area contributed by atoms with E-state index >= 15 is 0 Å². The van der Waals surface area contributed by atoms with Gasteiger partial charge in [-0.15, -0.1) is 0 Å². The summed E-state index contributed by atoms with van der Waals surface area (Å²) in [4.78, 5) is 26.9. The summed E-state index contributed by atoms with van der Waals surface area (Å²) in [5.41, 5.74) is 1.38. The Morgan fingerprint density at radius 1 is 1.06 bits per heavy atom. The molecule has 2 heterocycles.